The van der Waals surface area contributed by atoms with Crippen LogP contribution < -0.4 is 24.4 Å². The summed E-state index contributed by atoms with van der Waals surface area (Å²) in [6.45, 7) is 2.28. The number of nitrogens with zero attached hydrogens (tertiary/aromatic N) is 1. The molecule has 0 radical (unpaired) electrons. The van der Waals surface area contributed by atoms with E-state index in [9.17, 15) is 14.4 Å². The molecule has 2 aromatic carbocycles. The van der Waals surface area contributed by atoms with Crippen molar-refractivity contribution in [1.29, 1.82) is 0 Å². The zero-order chi connectivity index (χ0) is 24.7. The molecule has 1 N–H and O–H groups in total. The third-order valence-electron chi connectivity index (χ3n) is 5.33. The predicted molar refractivity (Wildman–Crippen MR) is 127 cm³/mol. The van der Waals surface area contributed by atoms with Gasteiger partial charge in [-0.05, 0) is 30.7 Å². The Morgan fingerprint density at radius 1 is 1.06 bits per heavy atom. The second kappa shape index (κ2) is 11.2. The van der Waals surface area contributed by atoms with E-state index in [-0.39, 0.29) is 24.8 Å². The molecule has 1 atom stereocenters. The maximum atomic E-state index is 12.8. The standard InChI is InChI=1S/C25H28N2O7/c1-5-34-23(29)11-8-16-6-9-18(10-7-16)26-25(30)17-12-22(28)27(15-17)19-13-20(31-2)24(33-4)21(14-19)32-3/h6-11,13-14,17H,5,12,15H2,1-4H3,(H,26,30)/b11-8+. The number of methoxy groups -OCH3 is 3. The molecule has 0 aromatic heterocycles. The van der Waals surface area contributed by atoms with Gasteiger partial charge in [0.05, 0.1) is 39.5 Å². The first kappa shape index (κ1) is 24.6. The van der Waals surface area contributed by atoms with Crippen LogP contribution in [0.1, 0.15) is 18.9 Å². The van der Waals surface area contributed by atoms with Crippen LogP contribution in [0.5, 0.6) is 17.2 Å². The van der Waals surface area contributed by atoms with E-state index in [1.807, 2.05) is 0 Å². The Balaban J connectivity index is 1.67. The fourth-order valence-corrected chi connectivity index (χ4v) is 3.63. The predicted octanol–water partition coefficient (Wildman–Crippen LogP) is 3.28. The van der Waals surface area contributed by atoms with Gasteiger partial charge in [-0.2, -0.15) is 0 Å². The first-order valence-corrected chi connectivity index (χ1v) is 10.8. The molecule has 9 nitrogen and oxygen atoms in total. The minimum absolute atomic E-state index is 0.0862. The maximum absolute atomic E-state index is 12.8. The zero-order valence-electron chi connectivity index (χ0n) is 19.6. The minimum atomic E-state index is -0.519. The number of benzene rings is 2. The maximum Gasteiger partial charge on any atom is 0.330 e. The van der Waals surface area contributed by atoms with Crippen molar-refractivity contribution in [3.8, 4) is 17.2 Å². The lowest BCUT2D eigenvalue weighted by Crippen LogP contribution is -2.28. The van der Waals surface area contributed by atoms with Crippen LogP contribution in [0.2, 0.25) is 0 Å². The fraction of sp³-hybridized carbons (Fsp3) is 0.320. The van der Waals surface area contributed by atoms with Gasteiger partial charge in [0.15, 0.2) is 11.5 Å². The summed E-state index contributed by atoms with van der Waals surface area (Å²) in [6.07, 6.45) is 3.07. The molecule has 0 aliphatic carbocycles. The highest BCUT2D eigenvalue weighted by molar-refractivity contribution is 6.03. The molecule has 1 aliphatic heterocycles. The molecular formula is C25H28N2O7. The molecule has 1 saturated heterocycles. The number of anilines is 2. The summed E-state index contributed by atoms with van der Waals surface area (Å²) >= 11 is 0. The molecule has 2 amide bonds. The summed E-state index contributed by atoms with van der Waals surface area (Å²) in [5.41, 5.74) is 1.94. The normalized spacial score (nSPS) is 15.4. The van der Waals surface area contributed by atoms with Crippen LogP contribution >= 0.6 is 0 Å². The fourth-order valence-electron chi connectivity index (χ4n) is 3.63. The first-order chi connectivity index (χ1) is 16.4. The van der Waals surface area contributed by atoms with E-state index >= 15 is 0 Å². The summed E-state index contributed by atoms with van der Waals surface area (Å²) in [7, 11) is 4.51. The molecule has 0 bridgehead atoms. The largest absolute Gasteiger partial charge is 0.493 e. The van der Waals surface area contributed by atoms with E-state index in [2.05, 4.69) is 5.32 Å². The molecule has 1 aliphatic rings. The highest BCUT2D eigenvalue weighted by atomic mass is 16.5. The van der Waals surface area contributed by atoms with Gasteiger partial charge in [-0.3, -0.25) is 9.59 Å². The molecule has 9 heteroatoms. The van der Waals surface area contributed by atoms with Crippen molar-refractivity contribution < 1.29 is 33.3 Å². The Hall–Kier alpha value is -4.01. The Morgan fingerprint density at radius 2 is 1.71 bits per heavy atom. The number of amides is 2. The van der Waals surface area contributed by atoms with E-state index in [0.29, 0.717) is 35.2 Å². The molecule has 1 fully saturated rings. The van der Waals surface area contributed by atoms with Gasteiger partial charge in [-0.1, -0.05) is 12.1 Å². The molecule has 2 aromatic rings. The van der Waals surface area contributed by atoms with Crippen molar-refractivity contribution in [1.82, 2.24) is 0 Å². The molecule has 1 unspecified atom stereocenters. The van der Waals surface area contributed by atoms with E-state index < -0.39 is 11.9 Å². The third kappa shape index (κ3) is 5.67. The summed E-state index contributed by atoms with van der Waals surface area (Å²) in [4.78, 5) is 38.5. The second-order valence-corrected chi connectivity index (χ2v) is 7.49. The number of rotatable bonds is 9. The topological polar surface area (TPSA) is 103 Å². The van der Waals surface area contributed by atoms with Gasteiger partial charge in [0.25, 0.3) is 0 Å². The zero-order valence-corrected chi connectivity index (χ0v) is 19.6. The number of hydrogen-bond donors (Lipinski definition) is 1. The highest BCUT2D eigenvalue weighted by Crippen LogP contribution is 2.42. The SMILES string of the molecule is CCOC(=O)/C=C/c1ccc(NC(=O)C2CC(=O)N(c3cc(OC)c(OC)c(OC)c3)C2)cc1. The van der Waals surface area contributed by atoms with Gasteiger partial charge < -0.3 is 29.2 Å². The van der Waals surface area contributed by atoms with Crippen molar-refractivity contribution in [2.24, 2.45) is 5.92 Å². The first-order valence-electron chi connectivity index (χ1n) is 10.8. The van der Waals surface area contributed by atoms with E-state index in [4.69, 9.17) is 18.9 Å². The van der Waals surface area contributed by atoms with Crippen LogP contribution in [0, 0.1) is 5.92 Å². The van der Waals surface area contributed by atoms with Crippen LogP contribution in [-0.4, -0.2) is 52.3 Å². The summed E-state index contributed by atoms with van der Waals surface area (Å²) < 4.78 is 20.9. The van der Waals surface area contributed by atoms with Crippen molar-refractivity contribution in [3.05, 3.63) is 48.0 Å². The number of nitrogens with one attached hydrogen (secondary N) is 1. The van der Waals surface area contributed by atoms with Crippen LogP contribution in [-0.2, 0) is 19.1 Å². The van der Waals surface area contributed by atoms with Crippen LogP contribution in [0.25, 0.3) is 6.08 Å². The van der Waals surface area contributed by atoms with Crippen LogP contribution in [0.15, 0.2) is 42.5 Å². The van der Waals surface area contributed by atoms with Crippen LogP contribution in [0.4, 0.5) is 11.4 Å². The van der Waals surface area contributed by atoms with Gasteiger partial charge in [0.2, 0.25) is 17.6 Å². The molecule has 3 rings (SSSR count). The van der Waals surface area contributed by atoms with Gasteiger partial charge >= 0.3 is 5.97 Å². The van der Waals surface area contributed by atoms with Crippen molar-refractivity contribution >= 4 is 35.2 Å². The summed E-state index contributed by atoms with van der Waals surface area (Å²) in [5, 5.41) is 2.85. The Morgan fingerprint density at radius 3 is 2.26 bits per heavy atom. The molecule has 180 valence electrons. The van der Waals surface area contributed by atoms with E-state index in [1.54, 1.807) is 49.4 Å². The smallest absolute Gasteiger partial charge is 0.330 e. The minimum Gasteiger partial charge on any atom is -0.493 e. The second-order valence-electron chi connectivity index (χ2n) is 7.49. The third-order valence-corrected chi connectivity index (χ3v) is 5.33. The summed E-state index contributed by atoms with van der Waals surface area (Å²) in [6, 6.07) is 10.4. The van der Waals surface area contributed by atoms with Gasteiger partial charge in [0.1, 0.15) is 0 Å². The average molecular weight is 469 g/mol. The quantitative estimate of drug-likeness (QED) is 0.445. The highest BCUT2D eigenvalue weighted by Gasteiger charge is 2.36. The lowest BCUT2D eigenvalue weighted by molar-refractivity contribution is -0.137. The van der Waals surface area contributed by atoms with Crippen molar-refractivity contribution in [3.63, 3.8) is 0 Å². The molecule has 0 spiro atoms. The van der Waals surface area contributed by atoms with Crippen molar-refractivity contribution in [2.75, 3.05) is 44.7 Å². The number of carbonyl (C=O) groups is 3. The van der Waals surface area contributed by atoms with Crippen molar-refractivity contribution in [2.45, 2.75) is 13.3 Å². The van der Waals surface area contributed by atoms with Crippen LogP contribution in [0.3, 0.4) is 0 Å². The van der Waals surface area contributed by atoms with Gasteiger partial charge in [-0.15, -0.1) is 0 Å². The van der Waals surface area contributed by atoms with E-state index in [1.165, 1.54) is 32.3 Å². The number of carbonyl (C=O) groups excluding carboxylic acids is 3. The molecular weight excluding hydrogens is 440 g/mol. The van der Waals surface area contributed by atoms with Gasteiger partial charge in [-0.25, -0.2) is 4.79 Å². The Kier molecular flexibility index (Phi) is 8.13. The number of ether oxygens (including phenoxy) is 4. The molecule has 0 saturated carbocycles. The Bertz CT molecular complexity index is 1050. The Labute approximate surface area is 198 Å². The molecule has 34 heavy (non-hydrogen) atoms. The number of hydrogen-bond acceptors (Lipinski definition) is 7. The summed E-state index contributed by atoms with van der Waals surface area (Å²) in [5.74, 6) is -0.0797. The lowest BCUT2D eigenvalue weighted by atomic mass is 10.1. The van der Waals surface area contributed by atoms with E-state index in [0.717, 1.165) is 5.56 Å². The lowest BCUT2D eigenvalue weighted by Gasteiger charge is -2.20. The number of esters is 1. The molecule has 1 heterocycles. The van der Waals surface area contributed by atoms with Gasteiger partial charge in [0, 0.05) is 36.9 Å². The monoisotopic (exact) mass is 468 g/mol. The average Bonchev–Trinajstić information content (AvgIpc) is 3.24.